The van der Waals surface area contributed by atoms with Gasteiger partial charge in [-0.25, -0.2) is 8.78 Å². The molecule has 0 N–H and O–H groups in total. The van der Waals surface area contributed by atoms with Crippen LogP contribution < -0.4 is 0 Å². The van der Waals surface area contributed by atoms with Crippen molar-refractivity contribution in [2.45, 2.75) is 70.4 Å². The van der Waals surface area contributed by atoms with Crippen molar-refractivity contribution in [1.29, 1.82) is 0 Å². The van der Waals surface area contributed by atoms with Gasteiger partial charge in [-0.15, -0.1) is 0 Å². The number of hydrogen-bond donors (Lipinski definition) is 0. The lowest BCUT2D eigenvalue weighted by molar-refractivity contribution is -0.142. The highest BCUT2D eigenvalue weighted by Gasteiger charge is 2.39. The monoisotopic (exact) mass is 410 g/mol. The molecule has 0 bridgehead atoms. The predicted octanol–water partition coefficient (Wildman–Crippen LogP) is 8.24. The average Bonchev–Trinajstić information content (AvgIpc) is 2.66. The van der Waals surface area contributed by atoms with Gasteiger partial charge in [0, 0.05) is 5.39 Å². The molecule has 0 spiro atoms. The van der Waals surface area contributed by atoms with E-state index in [0.29, 0.717) is 11.8 Å². The van der Waals surface area contributed by atoms with Gasteiger partial charge in [0.05, 0.1) is 0 Å². The topological polar surface area (TPSA) is 0 Å². The molecule has 4 unspecified atom stereocenters. The molecule has 0 nitrogen and oxygen atoms in total. The van der Waals surface area contributed by atoms with Crippen LogP contribution in [0.15, 0.2) is 24.3 Å². The molecule has 0 saturated heterocycles. The summed E-state index contributed by atoms with van der Waals surface area (Å²) in [6.07, 6.45) is 4.64. The Labute approximate surface area is 168 Å². The SMILES string of the molecule is CCCC1CCC2CC(c3ccc4c(F)c(C(F)(F)F)c(F)cc4c3)CCC2C1. The van der Waals surface area contributed by atoms with Crippen LogP contribution in [-0.4, -0.2) is 0 Å². The van der Waals surface area contributed by atoms with E-state index in [4.69, 9.17) is 0 Å². The summed E-state index contributed by atoms with van der Waals surface area (Å²) in [5.74, 6) is -0.418. The summed E-state index contributed by atoms with van der Waals surface area (Å²) in [6.45, 7) is 2.24. The van der Waals surface area contributed by atoms with Crippen molar-refractivity contribution in [3.63, 3.8) is 0 Å². The number of benzene rings is 2. The Morgan fingerprint density at radius 2 is 1.66 bits per heavy atom. The lowest BCUT2D eigenvalue weighted by Crippen LogP contribution is -2.30. The van der Waals surface area contributed by atoms with Gasteiger partial charge in [0.2, 0.25) is 0 Å². The first-order valence-electron chi connectivity index (χ1n) is 10.8. The molecule has 0 aliphatic heterocycles. The minimum atomic E-state index is -5.05. The fourth-order valence-corrected chi connectivity index (χ4v) is 5.82. The molecule has 0 heterocycles. The molecule has 0 amide bonds. The molecule has 29 heavy (non-hydrogen) atoms. The van der Waals surface area contributed by atoms with Crippen LogP contribution in [0.25, 0.3) is 10.8 Å². The molecule has 2 saturated carbocycles. The zero-order valence-corrected chi connectivity index (χ0v) is 16.7. The molecule has 2 aliphatic rings. The van der Waals surface area contributed by atoms with E-state index in [2.05, 4.69) is 6.92 Å². The largest absolute Gasteiger partial charge is 0.422 e. The third-order valence-electron chi connectivity index (χ3n) is 7.23. The van der Waals surface area contributed by atoms with E-state index < -0.39 is 23.4 Å². The van der Waals surface area contributed by atoms with Gasteiger partial charge >= 0.3 is 6.18 Å². The van der Waals surface area contributed by atoms with Gasteiger partial charge in [-0.2, -0.15) is 13.2 Å². The smallest absolute Gasteiger partial charge is 0.206 e. The summed E-state index contributed by atoms with van der Waals surface area (Å²) in [6, 6.07) is 5.64. The zero-order valence-electron chi connectivity index (χ0n) is 16.7. The first-order valence-corrected chi connectivity index (χ1v) is 10.8. The molecule has 4 atom stereocenters. The summed E-state index contributed by atoms with van der Waals surface area (Å²) in [5.41, 5.74) is -0.813. The maximum atomic E-state index is 14.4. The van der Waals surface area contributed by atoms with Crippen molar-refractivity contribution in [3.8, 4) is 0 Å². The van der Waals surface area contributed by atoms with Gasteiger partial charge in [-0.3, -0.25) is 0 Å². The third-order valence-corrected chi connectivity index (χ3v) is 7.23. The predicted molar refractivity (Wildman–Crippen MR) is 105 cm³/mol. The van der Waals surface area contributed by atoms with Gasteiger partial charge in [-0.1, -0.05) is 44.4 Å². The number of fused-ring (bicyclic) bond motifs is 2. The molecule has 4 rings (SSSR count). The van der Waals surface area contributed by atoms with Crippen molar-refractivity contribution in [2.24, 2.45) is 17.8 Å². The van der Waals surface area contributed by atoms with Gasteiger partial charge in [-0.05, 0) is 72.8 Å². The summed E-state index contributed by atoms with van der Waals surface area (Å²) in [5, 5.41) is 0.0375. The number of alkyl halides is 3. The van der Waals surface area contributed by atoms with E-state index in [1.807, 2.05) is 0 Å². The van der Waals surface area contributed by atoms with Gasteiger partial charge in [0.15, 0.2) is 0 Å². The molecule has 2 fully saturated rings. The number of hydrogen-bond acceptors (Lipinski definition) is 0. The maximum absolute atomic E-state index is 14.4. The van der Waals surface area contributed by atoms with Crippen LogP contribution in [0, 0.1) is 29.4 Å². The van der Waals surface area contributed by atoms with E-state index in [1.165, 1.54) is 44.6 Å². The van der Waals surface area contributed by atoms with Gasteiger partial charge in [0.25, 0.3) is 0 Å². The highest BCUT2D eigenvalue weighted by molar-refractivity contribution is 5.85. The minimum Gasteiger partial charge on any atom is -0.206 e. The fraction of sp³-hybridized carbons (Fsp3) is 0.583. The number of rotatable bonds is 3. The fourth-order valence-electron chi connectivity index (χ4n) is 5.82. The Morgan fingerprint density at radius 3 is 2.38 bits per heavy atom. The molecular formula is C24H27F5. The Kier molecular flexibility index (Phi) is 5.60. The Bertz CT molecular complexity index is 885. The normalized spacial score (nSPS) is 27.8. The second kappa shape index (κ2) is 7.88. The van der Waals surface area contributed by atoms with E-state index in [1.54, 1.807) is 12.1 Å². The Balaban J connectivity index is 1.57. The highest BCUT2D eigenvalue weighted by Crippen LogP contribution is 2.48. The quantitative estimate of drug-likeness (QED) is 0.447. The molecule has 2 aromatic carbocycles. The van der Waals surface area contributed by atoms with Crippen molar-refractivity contribution < 1.29 is 22.0 Å². The van der Waals surface area contributed by atoms with Crippen LogP contribution >= 0.6 is 0 Å². The summed E-state index contributed by atoms with van der Waals surface area (Å²) < 4.78 is 67.3. The second-order valence-electron chi connectivity index (χ2n) is 9.02. The van der Waals surface area contributed by atoms with Crippen molar-refractivity contribution in [1.82, 2.24) is 0 Å². The lowest BCUT2D eigenvalue weighted by atomic mass is 9.63. The molecule has 158 valence electrons. The molecule has 0 radical (unpaired) electrons. The first-order chi connectivity index (χ1) is 13.8. The van der Waals surface area contributed by atoms with E-state index in [-0.39, 0.29) is 10.8 Å². The standard InChI is InChI=1S/C24H27F5/c1-2-3-14-4-5-16-11-17(7-6-15(16)10-14)18-8-9-20-19(12-18)13-21(25)22(23(20)26)24(27,28)29/h8-9,12-17H,2-7,10-11H2,1H3. The van der Waals surface area contributed by atoms with E-state index in [0.717, 1.165) is 36.3 Å². The zero-order chi connectivity index (χ0) is 20.8. The van der Waals surface area contributed by atoms with Crippen molar-refractivity contribution >= 4 is 10.8 Å². The maximum Gasteiger partial charge on any atom is 0.422 e. The molecule has 5 heteroatoms. The Hall–Kier alpha value is -1.65. The summed E-state index contributed by atoms with van der Waals surface area (Å²) in [7, 11) is 0. The lowest BCUT2D eigenvalue weighted by Gasteiger charge is -2.42. The summed E-state index contributed by atoms with van der Waals surface area (Å²) in [4.78, 5) is 0. The third kappa shape index (κ3) is 4.02. The minimum absolute atomic E-state index is 0.170. The molecular weight excluding hydrogens is 383 g/mol. The summed E-state index contributed by atoms with van der Waals surface area (Å²) >= 11 is 0. The highest BCUT2D eigenvalue weighted by atomic mass is 19.4. The van der Waals surface area contributed by atoms with Crippen LogP contribution in [-0.2, 0) is 6.18 Å². The van der Waals surface area contributed by atoms with Crippen LogP contribution in [0.3, 0.4) is 0 Å². The second-order valence-corrected chi connectivity index (χ2v) is 9.02. The van der Waals surface area contributed by atoms with Gasteiger partial charge < -0.3 is 0 Å². The van der Waals surface area contributed by atoms with Crippen LogP contribution in [0.4, 0.5) is 22.0 Å². The number of halogens is 5. The van der Waals surface area contributed by atoms with Crippen molar-refractivity contribution in [3.05, 3.63) is 47.0 Å². The molecule has 2 aliphatic carbocycles. The van der Waals surface area contributed by atoms with Gasteiger partial charge in [0.1, 0.15) is 17.2 Å². The van der Waals surface area contributed by atoms with Crippen LogP contribution in [0.5, 0.6) is 0 Å². The first kappa shape index (κ1) is 20.6. The van der Waals surface area contributed by atoms with Crippen LogP contribution in [0.2, 0.25) is 0 Å². The molecule has 0 aromatic heterocycles. The average molecular weight is 410 g/mol. The Morgan fingerprint density at radius 1 is 0.931 bits per heavy atom. The molecule has 2 aromatic rings. The van der Waals surface area contributed by atoms with Crippen molar-refractivity contribution in [2.75, 3.05) is 0 Å². The van der Waals surface area contributed by atoms with E-state index in [9.17, 15) is 22.0 Å². The van der Waals surface area contributed by atoms with E-state index >= 15 is 0 Å². The van der Waals surface area contributed by atoms with Crippen LogP contribution in [0.1, 0.15) is 75.3 Å².